The fourth-order valence-electron chi connectivity index (χ4n) is 6.36. The lowest BCUT2D eigenvalue weighted by Crippen LogP contribution is -2.47. The van der Waals surface area contributed by atoms with Crippen molar-refractivity contribution in [1.29, 1.82) is 0 Å². The molecule has 0 saturated carbocycles. The molecule has 10 nitrogen and oxygen atoms in total. The van der Waals surface area contributed by atoms with E-state index in [1.165, 1.54) is 11.3 Å². The van der Waals surface area contributed by atoms with Gasteiger partial charge in [-0.3, -0.25) is 19.3 Å². The number of nitrogens with one attached hydrogen (secondary N) is 2. The van der Waals surface area contributed by atoms with Crippen LogP contribution in [0.25, 0.3) is 10.9 Å². The molecule has 0 spiro atoms. The summed E-state index contributed by atoms with van der Waals surface area (Å²) < 4.78 is 30.9. The Balaban J connectivity index is 1.25. The monoisotopic (exact) mass is 640 g/mol. The van der Waals surface area contributed by atoms with E-state index >= 15 is 0 Å². The maximum absolute atomic E-state index is 14.0. The van der Waals surface area contributed by atoms with E-state index in [9.17, 15) is 18.0 Å². The summed E-state index contributed by atoms with van der Waals surface area (Å²) in [5, 5.41) is 3.67. The van der Waals surface area contributed by atoms with Crippen LogP contribution in [0.2, 0.25) is 0 Å². The average Bonchev–Trinajstić information content (AvgIpc) is 3.47. The molecule has 3 heterocycles. The molecular weight excluding hydrogens is 600 g/mol. The van der Waals surface area contributed by atoms with Crippen LogP contribution in [0.1, 0.15) is 40.7 Å². The summed E-state index contributed by atoms with van der Waals surface area (Å²) in [7, 11) is -4.08. The predicted octanol–water partition coefficient (Wildman–Crippen LogP) is 4.72. The third-order valence-corrected chi connectivity index (χ3v) is 10.1. The highest BCUT2D eigenvalue weighted by atomic mass is 32.2. The van der Waals surface area contributed by atoms with Gasteiger partial charge in [0.2, 0.25) is 5.91 Å². The number of fused-ring (bicyclic) bond motifs is 1. The van der Waals surface area contributed by atoms with Crippen LogP contribution < -0.4 is 19.8 Å². The highest BCUT2D eigenvalue weighted by molar-refractivity contribution is 7.93. The maximum Gasteiger partial charge on any atom is 0.264 e. The molecule has 2 aliphatic heterocycles. The Labute approximate surface area is 270 Å². The Morgan fingerprint density at radius 1 is 0.891 bits per heavy atom. The highest BCUT2D eigenvalue weighted by Gasteiger charge is 2.26. The first-order chi connectivity index (χ1) is 22.2. The quantitative estimate of drug-likeness (QED) is 0.241. The van der Waals surface area contributed by atoms with Crippen molar-refractivity contribution in [2.75, 3.05) is 60.3 Å². The van der Waals surface area contributed by atoms with E-state index in [2.05, 4.69) is 43.9 Å². The van der Waals surface area contributed by atoms with E-state index in [-0.39, 0.29) is 16.7 Å². The van der Waals surface area contributed by atoms with Gasteiger partial charge >= 0.3 is 0 Å². The number of anilines is 3. The Kier molecular flexibility index (Phi) is 9.12. The molecule has 11 heteroatoms. The third-order valence-electron chi connectivity index (χ3n) is 8.75. The molecule has 0 radical (unpaired) electrons. The number of hydrogen-bond acceptors (Lipinski definition) is 7. The van der Waals surface area contributed by atoms with Gasteiger partial charge in [-0.05, 0) is 80.3 Å². The minimum atomic E-state index is -4.08. The van der Waals surface area contributed by atoms with Crippen LogP contribution in [-0.2, 0) is 14.8 Å². The van der Waals surface area contributed by atoms with Crippen LogP contribution in [0.3, 0.4) is 0 Å². The van der Waals surface area contributed by atoms with Crippen molar-refractivity contribution in [2.45, 2.75) is 38.0 Å². The molecule has 0 unspecified atom stereocenters. The summed E-state index contributed by atoms with van der Waals surface area (Å²) in [5.74, 6) is -0.137. The number of carbonyl (C=O) groups excluding carboxylic acids is 2. The summed E-state index contributed by atoms with van der Waals surface area (Å²) >= 11 is 0. The van der Waals surface area contributed by atoms with Crippen molar-refractivity contribution >= 4 is 49.8 Å². The minimum absolute atomic E-state index is 0.0877. The van der Waals surface area contributed by atoms with E-state index in [4.69, 9.17) is 0 Å². The largest absolute Gasteiger partial charge is 0.368 e. The zero-order valence-electron chi connectivity index (χ0n) is 26.3. The van der Waals surface area contributed by atoms with Crippen LogP contribution in [0.5, 0.6) is 0 Å². The van der Waals surface area contributed by atoms with Crippen molar-refractivity contribution < 1.29 is 18.0 Å². The Hall–Kier alpha value is -4.64. The minimum Gasteiger partial charge on any atom is -0.368 e. The molecule has 240 valence electrons. The number of nitrogens with zero attached hydrogens (tertiary/aromatic N) is 4. The number of aromatic nitrogens is 1. The Morgan fingerprint density at radius 3 is 2.39 bits per heavy atom. The Morgan fingerprint density at radius 2 is 1.65 bits per heavy atom. The van der Waals surface area contributed by atoms with Gasteiger partial charge in [-0.15, -0.1) is 0 Å². The van der Waals surface area contributed by atoms with Crippen molar-refractivity contribution in [3.63, 3.8) is 0 Å². The molecule has 2 aliphatic rings. The molecule has 2 N–H and O–H groups in total. The number of hydrogen-bond donors (Lipinski definition) is 2. The molecule has 46 heavy (non-hydrogen) atoms. The van der Waals surface area contributed by atoms with Gasteiger partial charge in [0.1, 0.15) is 4.90 Å². The summed E-state index contributed by atoms with van der Waals surface area (Å²) in [6.45, 7) is 8.64. The van der Waals surface area contributed by atoms with Gasteiger partial charge in [0.25, 0.3) is 15.9 Å². The molecule has 0 aliphatic carbocycles. The lowest BCUT2D eigenvalue weighted by molar-refractivity contribution is -0.127. The molecule has 2 amide bonds. The van der Waals surface area contributed by atoms with E-state index < -0.39 is 10.0 Å². The first-order valence-corrected chi connectivity index (χ1v) is 17.3. The standard InChI is InChI=1S/C35H40N6O4S/c1-25-22-27-9-5-14-36-34(27)32(23-25)46(44,45)38-29-24-28(35(43)37-15-7-17-41-16-6-11-33(41)42)12-13-31(29)40-20-18-39(19-21-40)30-10-4-3-8-26(30)2/h3-5,8-10,12-14,22-24,38H,6-7,11,15-21H2,1-2H3,(H,37,43). The van der Waals surface area contributed by atoms with Gasteiger partial charge < -0.3 is 20.0 Å². The van der Waals surface area contributed by atoms with Crippen LogP contribution in [-0.4, -0.2) is 75.9 Å². The topological polar surface area (TPSA) is 115 Å². The van der Waals surface area contributed by atoms with Crippen molar-refractivity contribution in [1.82, 2.24) is 15.2 Å². The molecule has 2 saturated heterocycles. The lowest BCUT2D eigenvalue weighted by atomic mass is 10.1. The van der Waals surface area contributed by atoms with Gasteiger partial charge in [-0.1, -0.05) is 24.3 Å². The van der Waals surface area contributed by atoms with Gasteiger partial charge in [0.15, 0.2) is 0 Å². The molecule has 3 aromatic carbocycles. The number of amides is 2. The summed E-state index contributed by atoms with van der Waals surface area (Å²) in [6.07, 6.45) is 3.70. The molecule has 6 rings (SSSR count). The molecular formula is C35H40N6O4S. The third kappa shape index (κ3) is 6.79. The van der Waals surface area contributed by atoms with Gasteiger partial charge in [0, 0.05) is 75.1 Å². The van der Waals surface area contributed by atoms with Crippen molar-refractivity contribution in [2.24, 2.45) is 0 Å². The zero-order chi connectivity index (χ0) is 32.3. The smallest absolute Gasteiger partial charge is 0.264 e. The fourth-order valence-corrected chi connectivity index (χ4v) is 7.69. The SMILES string of the molecule is Cc1cc(S(=O)(=O)Nc2cc(C(=O)NCCCN3CCCC3=O)ccc2N2CCN(c3ccccc3C)CC2)c2ncccc2c1. The Bertz CT molecular complexity index is 1870. The summed E-state index contributed by atoms with van der Waals surface area (Å²) in [4.78, 5) is 35.9. The van der Waals surface area contributed by atoms with Gasteiger partial charge in [0.05, 0.1) is 16.9 Å². The number of benzene rings is 3. The normalized spacial score (nSPS) is 15.4. The van der Waals surface area contributed by atoms with E-state index in [0.29, 0.717) is 61.5 Å². The second-order valence-corrected chi connectivity index (χ2v) is 13.7. The number of likely N-dealkylation sites (tertiary alicyclic amines) is 1. The number of carbonyl (C=O) groups is 2. The van der Waals surface area contributed by atoms with Gasteiger partial charge in [-0.2, -0.15) is 0 Å². The zero-order valence-corrected chi connectivity index (χ0v) is 27.1. The number of para-hydroxylation sites is 1. The lowest BCUT2D eigenvalue weighted by Gasteiger charge is -2.38. The van der Waals surface area contributed by atoms with Crippen LogP contribution in [0.4, 0.5) is 17.1 Å². The number of pyridine rings is 1. The molecule has 2 fully saturated rings. The number of sulfonamides is 1. The second kappa shape index (κ2) is 13.4. The fraction of sp³-hybridized carbons (Fsp3) is 0.343. The van der Waals surface area contributed by atoms with E-state index in [1.54, 1.807) is 30.5 Å². The first kappa shape index (κ1) is 31.3. The first-order valence-electron chi connectivity index (χ1n) is 15.8. The number of aryl methyl sites for hydroxylation is 2. The second-order valence-electron chi connectivity index (χ2n) is 12.0. The average molecular weight is 641 g/mol. The van der Waals surface area contributed by atoms with Crippen LogP contribution in [0.15, 0.2) is 77.8 Å². The predicted molar refractivity (Wildman–Crippen MR) is 182 cm³/mol. The molecule has 0 bridgehead atoms. The van der Waals surface area contributed by atoms with E-state index in [0.717, 1.165) is 37.0 Å². The maximum atomic E-state index is 14.0. The molecule has 1 aromatic heterocycles. The van der Waals surface area contributed by atoms with Crippen LogP contribution >= 0.6 is 0 Å². The van der Waals surface area contributed by atoms with Crippen LogP contribution in [0, 0.1) is 13.8 Å². The number of piperazine rings is 1. The van der Waals surface area contributed by atoms with Gasteiger partial charge in [-0.25, -0.2) is 8.42 Å². The van der Waals surface area contributed by atoms with Crippen molar-refractivity contribution in [3.8, 4) is 0 Å². The molecule has 0 atom stereocenters. The van der Waals surface area contributed by atoms with Crippen molar-refractivity contribution in [3.05, 3.63) is 89.6 Å². The highest BCUT2D eigenvalue weighted by Crippen LogP contribution is 2.33. The summed E-state index contributed by atoms with van der Waals surface area (Å²) in [6, 6.07) is 20.7. The number of rotatable bonds is 10. The summed E-state index contributed by atoms with van der Waals surface area (Å²) in [5.41, 5.74) is 5.00. The van der Waals surface area contributed by atoms with E-state index in [1.807, 2.05) is 42.2 Å². The molecule has 4 aromatic rings.